The third kappa shape index (κ3) is 9.70. The molecule has 0 saturated heterocycles. The number of amides is 1. The first kappa shape index (κ1) is 17.5. The summed E-state index contributed by atoms with van der Waals surface area (Å²) in [5, 5.41) is 19.4. The number of hydrazine groups is 1. The largest absolute Gasteiger partial charge is 1.00 e. The minimum atomic E-state index is -1.25. The number of nitrogens with two attached hydrogens (primary N) is 1. The number of carbonyl (C=O) groups excluding carboxylic acids is 1. The maximum Gasteiger partial charge on any atom is 1.00 e. The van der Waals surface area contributed by atoms with Crippen LogP contribution in [0, 0.1) is 0 Å². The summed E-state index contributed by atoms with van der Waals surface area (Å²) in [5.74, 6) is 4.14. The zero-order chi connectivity index (χ0) is 10.1. The minimum absolute atomic E-state index is 0. The van der Waals surface area contributed by atoms with E-state index >= 15 is 0 Å². The zero-order valence-corrected chi connectivity index (χ0v) is 13.6. The number of rotatable bonds is 7. The average molecular weight is 275 g/mol. The molecule has 0 heterocycles. The number of nitrogens with one attached hydrogen (secondary N) is 1. The van der Waals surface area contributed by atoms with E-state index in [0.717, 1.165) is 19.3 Å². The molecule has 0 rings (SSSR count). The van der Waals surface area contributed by atoms with Crippen molar-refractivity contribution in [2.75, 3.05) is 6.61 Å². The molecule has 0 aliphatic rings. The van der Waals surface area contributed by atoms with Gasteiger partial charge in [0.15, 0.2) is 0 Å². The third-order valence-corrected chi connectivity index (χ3v) is 1.81. The molecule has 0 fully saturated rings. The first-order valence-corrected chi connectivity index (χ1v) is 4.49. The molecule has 0 unspecified atom stereocenters. The van der Waals surface area contributed by atoms with Crippen LogP contribution in [-0.2, 0) is 4.79 Å². The van der Waals surface area contributed by atoms with Crippen molar-refractivity contribution in [2.45, 2.75) is 38.2 Å². The predicted octanol–water partition coefficient (Wildman–Crippen LogP) is -4.35. The summed E-state index contributed by atoms with van der Waals surface area (Å²) in [6.45, 7) is 0.185. The number of carbonyl (C=O) groups is 1. The molecule has 0 radical (unpaired) electrons. The second-order valence-corrected chi connectivity index (χ2v) is 2.92. The summed E-state index contributed by atoms with van der Waals surface area (Å²) in [6.07, 6.45) is 2.30. The first-order chi connectivity index (χ1) is 6.22. The van der Waals surface area contributed by atoms with Crippen molar-refractivity contribution in [1.82, 2.24) is 5.43 Å². The van der Waals surface area contributed by atoms with Crippen molar-refractivity contribution in [3.8, 4) is 0 Å². The Morgan fingerprint density at radius 1 is 1.36 bits per heavy atom. The molecular formula is C8H17N2O3Rb. The Bertz CT molecular complexity index is 147. The van der Waals surface area contributed by atoms with Gasteiger partial charge in [0.05, 0.1) is 0 Å². The minimum Gasteiger partial charge on any atom is -0.845 e. The second kappa shape index (κ2) is 12.2. The Morgan fingerprint density at radius 3 is 2.43 bits per heavy atom. The molecule has 0 aromatic heterocycles. The molecule has 4 N–H and O–H groups in total. The molecule has 0 spiro atoms. The van der Waals surface area contributed by atoms with Gasteiger partial charge >= 0.3 is 58.2 Å². The number of hydrogen-bond acceptors (Lipinski definition) is 4. The molecule has 0 saturated carbocycles. The molecular weight excluding hydrogens is 258 g/mol. The van der Waals surface area contributed by atoms with Gasteiger partial charge in [0.25, 0.3) is 0 Å². The molecule has 78 valence electrons. The first-order valence-electron chi connectivity index (χ1n) is 4.49. The molecule has 5 nitrogen and oxygen atoms in total. The number of hydrogen-bond donors (Lipinski definition) is 3. The van der Waals surface area contributed by atoms with Crippen LogP contribution in [0.3, 0.4) is 0 Å². The van der Waals surface area contributed by atoms with Crippen molar-refractivity contribution >= 4 is 5.91 Å². The van der Waals surface area contributed by atoms with Crippen LogP contribution in [0.25, 0.3) is 0 Å². The normalized spacial score (nSPS) is 11.6. The van der Waals surface area contributed by atoms with Gasteiger partial charge < -0.3 is 10.2 Å². The Labute approximate surface area is 133 Å². The monoisotopic (exact) mass is 274 g/mol. The van der Waals surface area contributed by atoms with E-state index in [4.69, 9.17) is 10.9 Å². The molecule has 0 aromatic rings. The quantitative estimate of drug-likeness (QED) is 0.189. The summed E-state index contributed by atoms with van der Waals surface area (Å²) in [5.41, 5.74) is 1.83. The van der Waals surface area contributed by atoms with Crippen LogP contribution in [0.1, 0.15) is 32.1 Å². The number of aliphatic hydroxyl groups excluding tert-OH is 1. The molecule has 0 bridgehead atoms. The molecule has 0 aliphatic carbocycles. The molecule has 14 heavy (non-hydrogen) atoms. The fourth-order valence-electron chi connectivity index (χ4n) is 1.02. The van der Waals surface area contributed by atoms with E-state index in [0.29, 0.717) is 12.8 Å². The van der Waals surface area contributed by atoms with Crippen LogP contribution in [0.15, 0.2) is 0 Å². The molecule has 0 aliphatic heterocycles. The molecule has 6 heteroatoms. The van der Waals surface area contributed by atoms with Gasteiger partial charge in [0, 0.05) is 6.61 Å². The summed E-state index contributed by atoms with van der Waals surface area (Å²) in [4.78, 5) is 10.6. The summed E-state index contributed by atoms with van der Waals surface area (Å²) < 4.78 is 0. The molecule has 1 atom stereocenters. The fraction of sp³-hybridized carbons (Fsp3) is 0.875. The summed E-state index contributed by atoms with van der Waals surface area (Å²) >= 11 is 0. The summed E-state index contributed by atoms with van der Waals surface area (Å²) in [6, 6.07) is 0. The fourth-order valence-corrected chi connectivity index (χ4v) is 1.02. The van der Waals surface area contributed by atoms with Crippen LogP contribution < -0.4 is 74.6 Å². The van der Waals surface area contributed by atoms with Crippen molar-refractivity contribution < 1.29 is 73.2 Å². The van der Waals surface area contributed by atoms with Crippen LogP contribution in [0.5, 0.6) is 0 Å². The maximum absolute atomic E-state index is 10.9. The van der Waals surface area contributed by atoms with Gasteiger partial charge in [-0.25, -0.2) is 5.84 Å². The van der Waals surface area contributed by atoms with E-state index in [1.54, 1.807) is 0 Å². The van der Waals surface area contributed by atoms with Gasteiger partial charge in [-0.05, 0) is 12.5 Å². The van der Waals surface area contributed by atoms with Crippen LogP contribution in [-0.4, -0.2) is 23.7 Å². The van der Waals surface area contributed by atoms with Gasteiger partial charge in [0.1, 0.15) is 0 Å². The Balaban J connectivity index is 0. The van der Waals surface area contributed by atoms with E-state index < -0.39 is 12.0 Å². The Kier molecular flexibility index (Phi) is 15.3. The standard InChI is InChI=1S/C8H17N2O3.Rb/c9-10-8(13)7(12)5-3-1-2-4-6-11;/h7,11H,1-6,9H2,(H,10,13);/q-1;+1/t7-;/m1./s1. The van der Waals surface area contributed by atoms with Crippen molar-refractivity contribution in [3.63, 3.8) is 0 Å². The van der Waals surface area contributed by atoms with Crippen molar-refractivity contribution in [3.05, 3.63) is 0 Å². The second-order valence-electron chi connectivity index (χ2n) is 2.92. The topological polar surface area (TPSA) is 98.4 Å². The van der Waals surface area contributed by atoms with Gasteiger partial charge in [-0.2, -0.15) is 0 Å². The third-order valence-electron chi connectivity index (χ3n) is 1.81. The molecule has 0 aromatic carbocycles. The number of unbranched alkanes of at least 4 members (excludes halogenated alkanes) is 3. The van der Waals surface area contributed by atoms with Crippen LogP contribution >= 0.6 is 0 Å². The predicted molar refractivity (Wildman–Crippen MR) is 46.3 cm³/mol. The van der Waals surface area contributed by atoms with Gasteiger partial charge in [-0.1, -0.05) is 25.7 Å². The number of aliphatic hydroxyl groups is 1. The van der Waals surface area contributed by atoms with E-state index in [1.165, 1.54) is 0 Å². The molecule has 1 amide bonds. The van der Waals surface area contributed by atoms with Crippen molar-refractivity contribution in [2.24, 2.45) is 5.84 Å². The van der Waals surface area contributed by atoms with E-state index in [-0.39, 0.29) is 64.8 Å². The van der Waals surface area contributed by atoms with Crippen LogP contribution in [0.2, 0.25) is 0 Å². The maximum atomic E-state index is 10.9. The van der Waals surface area contributed by atoms with Gasteiger partial charge in [-0.15, -0.1) is 0 Å². The van der Waals surface area contributed by atoms with E-state index in [9.17, 15) is 9.90 Å². The SMILES string of the molecule is NNC(=O)[C@H]([O-])CCCCCCO.[Rb+]. The Hall–Kier alpha value is 1.16. The zero-order valence-electron chi connectivity index (χ0n) is 8.66. The average Bonchev–Trinajstić information content (AvgIpc) is 2.16. The smallest absolute Gasteiger partial charge is 0.845 e. The summed E-state index contributed by atoms with van der Waals surface area (Å²) in [7, 11) is 0. The van der Waals surface area contributed by atoms with Crippen LogP contribution in [0.4, 0.5) is 0 Å². The van der Waals surface area contributed by atoms with E-state index in [1.807, 2.05) is 5.43 Å². The van der Waals surface area contributed by atoms with E-state index in [2.05, 4.69) is 0 Å². The van der Waals surface area contributed by atoms with Gasteiger partial charge in [-0.3, -0.25) is 10.2 Å². The van der Waals surface area contributed by atoms with Gasteiger partial charge in [0.2, 0.25) is 5.91 Å². The van der Waals surface area contributed by atoms with Crippen molar-refractivity contribution in [1.29, 1.82) is 0 Å². The Morgan fingerprint density at radius 2 is 1.93 bits per heavy atom.